The van der Waals surface area contributed by atoms with Gasteiger partial charge in [-0.05, 0) is 38.1 Å². The summed E-state index contributed by atoms with van der Waals surface area (Å²) in [6.07, 6.45) is 0.182. The van der Waals surface area contributed by atoms with Crippen LogP contribution in [0.1, 0.15) is 17.0 Å². The molecule has 0 radical (unpaired) electrons. The summed E-state index contributed by atoms with van der Waals surface area (Å²) in [5, 5.41) is 7.23. The Morgan fingerprint density at radius 2 is 1.80 bits per heavy atom. The summed E-state index contributed by atoms with van der Waals surface area (Å²) < 4.78 is 10.9. The van der Waals surface area contributed by atoms with Crippen LogP contribution in [0.25, 0.3) is 0 Å². The van der Waals surface area contributed by atoms with Gasteiger partial charge in [0.2, 0.25) is 5.91 Å². The highest BCUT2D eigenvalue weighted by Crippen LogP contribution is 2.33. The second kappa shape index (κ2) is 7.40. The Hall–Kier alpha value is -2.79. The van der Waals surface area contributed by atoms with E-state index in [0.717, 1.165) is 5.56 Å². The lowest BCUT2D eigenvalue weighted by Crippen LogP contribution is -2.15. The third-order valence-electron chi connectivity index (χ3n) is 3.74. The number of carbonyl (C=O) groups is 1. The van der Waals surface area contributed by atoms with E-state index in [-0.39, 0.29) is 12.3 Å². The average Bonchev–Trinajstić information content (AvgIpc) is 2.90. The maximum atomic E-state index is 12.4. The van der Waals surface area contributed by atoms with Crippen LogP contribution in [-0.2, 0) is 11.2 Å². The van der Waals surface area contributed by atoms with E-state index >= 15 is 0 Å². The average molecular weight is 357 g/mol. The van der Waals surface area contributed by atoms with E-state index in [0.29, 0.717) is 33.7 Å². The van der Waals surface area contributed by atoms with E-state index in [4.69, 9.17) is 20.9 Å². The highest BCUT2D eigenvalue weighted by Gasteiger charge is 2.15. The zero-order valence-electron chi connectivity index (χ0n) is 13.9. The van der Waals surface area contributed by atoms with E-state index < -0.39 is 0 Å². The number of benzene rings is 2. The smallest absolute Gasteiger partial charge is 0.229 e. The van der Waals surface area contributed by atoms with Crippen LogP contribution >= 0.6 is 11.6 Å². The second-order valence-corrected chi connectivity index (χ2v) is 5.96. The summed E-state index contributed by atoms with van der Waals surface area (Å²) in [5.74, 6) is 1.51. The highest BCUT2D eigenvalue weighted by molar-refractivity contribution is 6.32. The molecular formula is C19H17ClN2O3. The minimum atomic E-state index is -0.176. The molecule has 2 aromatic carbocycles. The summed E-state index contributed by atoms with van der Waals surface area (Å²) in [4.78, 5) is 12.4. The number of amides is 1. The molecule has 1 heterocycles. The Morgan fingerprint density at radius 1 is 1.12 bits per heavy atom. The van der Waals surface area contributed by atoms with Gasteiger partial charge in [-0.25, -0.2) is 0 Å². The zero-order valence-corrected chi connectivity index (χ0v) is 14.6. The van der Waals surface area contributed by atoms with Crippen molar-refractivity contribution < 1.29 is 14.1 Å². The molecule has 0 spiro atoms. The number of anilines is 1. The van der Waals surface area contributed by atoms with Crippen LogP contribution in [-0.4, -0.2) is 11.1 Å². The number of rotatable bonds is 5. The molecular weight excluding hydrogens is 340 g/mol. The highest BCUT2D eigenvalue weighted by atomic mass is 35.5. The first-order valence-corrected chi connectivity index (χ1v) is 8.15. The fourth-order valence-electron chi connectivity index (χ4n) is 2.41. The predicted octanol–water partition coefficient (Wildman–Crippen LogP) is 4.92. The number of aryl methyl sites for hydroxylation is 2. The number of hydrogen-bond donors (Lipinski definition) is 1. The first-order valence-electron chi connectivity index (χ1n) is 7.77. The van der Waals surface area contributed by atoms with Crippen molar-refractivity contribution in [2.24, 2.45) is 0 Å². The summed E-state index contributed by atoms with van der Waals surface area (Å²) in [6.45, 7) is 3.60. The van der Waals surface area contributed by atoms with Crippen LogP contribution in [0, 0.1) is 13.8 Å². The van der Waals surface area contributed by atoms with Gasteiger partial charge in [-0.15, -0.1) is 0 Å². The lowest BCUT2D eigenvalue weighted by Gasteiger charge is -2.13. The number of para-hydroxylation sites is 3. The number of ether oxygens (including phenoxy) is 1. The predicted molar refractivity (Wildman–Crippen MR) is 96.3 cm³/mol. The quantitative estimate of drug-likeness (QED) is 0.704. The fourth-order valence-corrected chi connectivity index (χ4v) is 2.59. The Kier molecular flexibility index (Phi) is 5.05. The monoisotopic (exact) mass is 356 g/mol. The van der Waals surface area contributed by atoms with Gasteiger partial charge in [-0.1, -0.05) is 41.0 Å². The number of hydrogen-bond acceptors (Lipinski definition) is 4. The van der Waals surface area contributed by atoms with Gasteiger partial charge < -0.3 is 14.6 Å². The van der Waals surface area contributed by atoms with Gasteiger partial charge in [-0.2, -0.15) is 0 Å². The van der Waals surface area contributed by atoms with Gasteiger partial charge in [0, 0.05) is 5.56 Å². The molecule has 0 atom stereocenters. The molecule has 6 heteroatoms. The molecule has 0 aliphatic heterocycles. The Morgan fingerprint density at radius 3 is 2.48 bits per heavy atom. The normalized spacial score (nSPS) is 10.5. The SMILES string of the molecule is Cc1noc(C)c1CC(=O)Nc1ccccc1Oc1ccccc1Cl. The number of nitrogens with one attached hydrogen (secondary N) is 1. The van der Waals surface area contributed by atoms with Crippen molar-refractivity contribution in [3.63, 3.8) is 0 Å². The number of nitrogens with zero attached hydrogens (tertiary/aromatic N) is 1. The fraction of sp³-hybridized carbons (Fsp3) is 0.158. The molecule has 25 heavy (non-hydrogen) atoms. The van der Waals surface area contributed by atoms with Crippen molar-refractivity contribution in [1.82, 2.24) is 5.16 Å². The van der Waals surface area contributed by atoms with E-state index in [1.807, 2.05) is 31.2 Å². The van der Waals surface area contributed by atoms with E-state index in [2.05, 4.69) is 10.5 Å². The van der Waals surface area contributed by atoms with Gasteiger partial charge in [0.1, 0.15) is 11.5 Å². The van der Waals surface area contributed by atoms with Crippen molar-refractivity contribution in [3.8, 4) is 11.5 Å². The molecule has 1 amide bonds. The van der Waals surface area contributed by atoms with Crippen molar-refractivity contribution in [2.45, 2.75) is 20.3 Å². The van der Waals surface area contributed by atoms with Crippen LogP contribution in [0.4, 0.5) is 5.69 Å². The zero-order chi connectivity index (χ0) is 17.8. The molecule has 1 N–H and O–H groups in total. The molecule has 128 valence electrons. The summed E-state index contributed by atoms with van der Waals surface area (Å²) in [6, 6.07) is 14.4. The number of aromatic nitrogens is 1. The van der Waals surface area contributed by atoms with Crippen LogP contribution in [0.2, 0.25) is 5.02 Å². The maximum Gasteiger partial charge on any atom is 0.229 e. The van der Waals surface area contributed by atoms with Crippen molar-refractivity contribution in [2.75, 3.05) is 5.32 Å². The summed E-state index contributed by atoms with van der Waals surface area (Å²) in [5.41, 5.74) is 2.08. The molecule has 3 aromatic rings. The van der Waals surface area contributed by atoms with Crippen LogP contribution in [0.5, 0.6) is 11.5 Å². The van der Waals surface area contributed by atoms with Crippen LogP contribution in [0.3, 0.4) is 0 Å². The standard InChI is InChI=1S/C19H17ClN2O3/c1-12-14(13(2)25-22-12)11-19(23)21-16-8-4-6-10-18(16)24-17-9-5-3-7-15(17)20/h3-10H,11H2,1-2H3,(H,21,23). The molecule has 0 bridgehead atoms. The molecule has 0 aliphatic carbocycles. The molecule has 0 aliphatic rings. The molecule has 5 nitrogen and oxygen atoms in total. The number of halogens is 1. The summed E-state index contributed by atoms with van der Waals surface area (Å²) in [7, 11) is 0. The lowest BCUT2D eigenvalue weighted by molar-refractivity contribution is -0.115. The minimum absolute atomic E-state index is 0.176. The van der Waals surface area contributed by atoms with E-state index in [9.17, 15) is 4.79 Å². The Bertz CT molecular complexity index is 886. The molecule has 0 unspecified atom stereocenters. The van der Waals surface area contributed by atoms with Gasteiger partial charge in [0.05, 0.1) is 22.8 Å². The third-order valence-corrected chi connectivity index (χ3v) is 4.05. The van der Waals surface area contributed by atoms with Crippen molar-refractivity contribution >= 4 is 23.2 Å². The second-order valence-electron chi connectivity index (χ2n) is 5.56. The van der Waals surface area contributed by atoms with E-state index in [1.165, 1.54) is 0 Å². The molecule has 1 aromatic heterocycles. The minimum Gasteiger partial charge on any atom is -0.454 e. The Labute approximate surface area is 150 Å². The van der Waals surface area contributed by atoms with E-state index in [1.54, 1.807) is 31.2 Å². The maximum absolute atomic E-state index is 12.4. The number of carbonyl (C=O) groups excluding carboxylic acids is 1. The van der Waals surface area contributed by atoms with Crippen molar-refractivity contribution in [1.29, 1.82) is 0 Å². The molecule has 0 saturated carbocycles. The third kappa shape index (κ3) is 4.00. The van der Waals surface area contributed by atoms with Crippen molar-refractivity contribution in [3.05, 3.63) is 70.6 Å². The summed E-state index contributed by atoms with van der Waals surface area (Å²) >= 11 is 6.13. The largest absolute Gasteiger partial charge is 0.454 e. The van der Waals surface area contributed by atoms with Gasteiger partial charge in [-0.3, -0.25) is 4.79 Å². The van der Waals surface area contributed by atoms with Gasteiger partial charge in [0.15, 0.2) is 5.75 Å². The van der Waals surface area contributed by atoms with Crippen LogP contribution in [0.15, 0.2) is 53.1 Å². The Balaban J connectivity index is 1.77. The lowest BCUT2D eigenvalue weighted by atomic mass is 10.1. The topological polar surface area (TPSA) is 64.4 Å². The van der Waals surface area contributed by atoms with Gasteiger partial charge in [0.25, 0.3) is 0 Å². The van der Waals surface area contributed by atoms with Gasteiger partial charge >= 0.3 is 0 Å². The van der Waals surface area contributed by atoms with Crippen LogP contribution < -0.4 is 10.1 Å². The molecule has 0 fully saturated rings. The molecule has 3 rings (SSSR count). The first-order chi connectivity index (χ1) is 12.0. The first kappa shape index (κ1) is 17.0. The molecule has 0 saturated heterocycles.